The maximum atomic E-state index is 11.5. The van der Waals surface area contributed by atoms with E-state index in [-0.39, 0.29) is 23.7 Å². The van der Waals surface area contributed by atoms with Crippen LogP contribution in [-0.2, 0) is 9.59 Å². The van der Waals surface area contributed by atoms with Gasteiger partial charge in [-0.15, -0.1) is 0 Å². The number of amides is 2. The minimum absolute atomic E-state index is 0.0175. The van der Waals surface area contributed by atoms with E-state index in [1.807, 2.05) is 0 Å². The number of likely N-dealkylation sites (N-methyl/N-ethyl adjacent to an activating group) is 1. The van der Waals surface area contributed by atoms with Gasteiger partial charge >= 0.3 is 0 Å². The van der Waals surface area contributed by atoms with Crippen LogP contribution in [0.3, 0.4) is 0 Å². The minimum atomic E-state index is -0.315. The minimum Gasteiger partial charge on any atom is -0.360 e. The van der Waals surface area contributed by atoms with Crippen molar-refractivity contribution in [2.75, 3.05) is 24.2 Å². The molecule has 1 aromatic rings. The van der Waals surface area contributed by atoms with E-state index < -0.39 is 0 Å². The molecule has 7 heteroatoms. The molecule has 88 valence electrons. The number of carbonyl (C=O) groups excluding carboxylic acids is 2. The van der Waals surface area contributed by atoms with Gasteiger partial charge in [-0.05, 0) is 6.92 Å². The molecule has 0 fully saturated rings. The molecule has 0 bridgehead atoms. The van der Waals surface area contributed by atoms with Crippen molar-refractivity contribution >= 4 is 33.6 Å². The molecule has 16 heavy (non-hydrogen) atoms. The van der Waals surface area contributed by atoms with Crippen LogP contribution in [0.2, 0.25) is 0 Å². The van der Waals surface area contributed by atoms with Gasteiger partial charge in [0.15, 0.2) is 5.82 Å². The normalized spacial score (nSPS) is 9.94. The molecule has 0 radical (unpaired) electrons. The van der Waals surface area contributed by atoms with Gasteiger partial charge in [-0.25, -0.2) is 0 Å². The number of hydrogen-bond acceptors (Lipinski definition) is 4. The highest BCUT2D eigenvalue weighted by atomic mass is 79.9. The monoisotopic (exact) mass is 289 g/mol. The molecule has 1 aromatic heterocycles. The molecular weight excluding hydrogens is 278 g/mol. The van der Waals surface area contributed by atoms with Crippen LogP contribution in [0.15, 0.2) is 10.6 Å². The van der Waals surface area contributed by atoms with Crippen LogP contribution < -0.4 is 5.32 Å². The number of anilines is 1. The Labute approximate surface area is 101 Å². The van der Waals surface area contributed by atoms with E-state index in [2.05, 4.69) is 26.4 Å². The molecule has 0 unspecified atom stereocenters. The number of nitrogens with zero attached hydrogens (tertiary/aromatic N) is 2. The Kier molecular flexibility index (Phi) is 4.48. The SMILES string of the molecule is Cc1cc(NC(=O)CN(C)C(=O)CBr)no1. The first-order chi connectivity index (χ1) is 7.52. The summed E-state index contributed by atoms with van der Waals surface area (Å²) >= 11 is 3.03. The highest BCUT2D eigenvalue weighted by molar-refractivity contribution is 9.09. The highest BCUT2D eigenvalue weighted by Gasteiger charge is 2.12. The van der Waals surface area contributed by atoms with Gasteiger partial charge in [-0.2, -0.15) is 0 Å². The van der Waals surface area contributed by atoms with Gasteiger partial charge in [0.2, 0.25) is 11.8 Å². The molecule has 1 heterocycles. The number of aryl methyl sites for hydroxylation is 1. The first-order valence-corrected chi connectivity index (χ1v) is 5.68. The fourth-order valence-corrected chi connectivity index (χ4v) is 1.44. The lowest BCUT2D eigenvalue weighted by atomic mass is 10.4. The summed E-state index contributed by atoms with van der Waals surface area (Å²) in [4.78, 5) is 23.9. The third-order valence-corrected chi connectivity index (χ3v) is 2.30. The largest absolute Gasteiger partial charge is 0.360 e. The fraction of sp³-hybridized carbons (Fsp3) is 0.444. The number of rotatable bonds is 4. The molecule has 1 N–H and O–H groups in total. The summed E-state index contributed by atoms with van der Waals surface area (Å²) in [6, 6.07) is 1.60. The first kappa shape index (κ1) is 12.7. The molecule has 0 aromatic carbocycles. The topological polar surface area (TPSA) is 75.4 Å². The number of aromatic nitrogens is 1. The smallest absolute Gasteiger partial charge is 0.245 e. The molecule has 0 saturated carbocycles. The maximum absolute atomic E-state index is 11.5. The summed E-state index contributed by atoms with van der Waals surface area (Å²) in [5, 5.41) is 6.32. The zero-order valence-corrected chi connectivity index (χ0v) is 10.6. The van der Waals surface area contributed by atoms with Gasteiger partial charge in [0.05, 0.1) is 11.9 Å². The lowest BCUT2D eigenvalue weighted by Gasteiger charge is -2.14. The van der Waals surface area contributed by atoms with Gasteiger partial charge in [-0.1, -0.05) is 21.1 Å². The van der Waals surface area contributed by atoms with Crippen molar-refractivity contribution in [3.05, 3.63) is 11.8 Å². The molecule has 0 saturated heterocycles. The van der Waals surface area contributed by atoms with E-state index >= 15 is 0 Å². The Hall–Kier alpha value is -1.37. The van der Waals surface area contributed by atoms with E-state index in [9.17, 15) is 9.59 Å². The standard InChI is InChI=1S/C9H12BrN3O3/c1-6-3-7(12-16-6)11-8(14)5-13(2)9(15)4-10/h3H,4-5H2,1-2H3,(H,11,12,14). The molecule has 0 aliphatic carbocycles. The van der Waals surface area contributed by atoms with Crippen molar-refractivity contribution in [3.8, 4) is 0 Å². The van der Waals surface area contributed by atoms with Crippen molar-refractivity contribution in [1.82, 2.24) is 10.1 Å². The quantitative estimate of drug-likeness (QED) is 0.831. The van der Waals surface area contributed by atoms with E-state index in [1.165, 1.54) is 4.90 Å². The maximum Gasteiger partial charge on any atom is 0.245 e. The molecule has 0 aliphatic heterocycles. The first-order valence-electron chi connectivity index (χ1n) is 4.56. The van der Waals surface area contributed by atoms with Gasteiger partial charge < -0.3 is 14.7 Å². The van der Waals surface area contributed by atoms with Gasteiger partial charge in [0.1, 0.15) is 5.76 Å². The summed E-state index contributed by atoms with van der Waals surface area (Å²) in [5.41, 5.74) is 0. The molecule has 1 rings (SSSR count). The van der Waals surface area contributed by atoms with Gasteiger partial charge in [0.25, 0.3) is 0 Å². The van der Waals surface area contributed by atoms with E-state index in [0.717, 1.165) is 0 Å². The lowest BCUT2D eigenvalue weighted by Crippen LogP contribution is -2.35. The Morgan fingerprint density at radius 2 is 2.31 bits per heavy atom. The van der Waals surface area contributed by atoms with Crippen LogP contribution in [-0.4, -0.2) is 40.8 Å². The van der Waals surface area contributed by atoms with Crippen LogP contribution in [0.5, 0.6) is 0 Å². The van der Waals surface area contributed by atoms with Gasteiger partial charge in [0, 0.05) is 13.1 Å². The average molecular weight is 290 g/mol. The second-order valence-electron chi connectivity index (χ2n) is 3.25. The van der Waals surface area contributed by atoms with Crippen molar-refractivity contribution < 1.29 is 14.1 Å². The summed E-state index contributed by atoms with van der Waals surface area (Å²) < 4.78 is 4.79. The second kappa shape index (κ2) is 5.64. The number of carbonyl (C=O) groups is 2. The summed E-state index contributed by atoms with van der Waals surface area (Å²) in [7, 11) is 1.55. The zero-order valence-electron chi connectivity index (χ0n) is 8.99. The number of halogens is 1. The fourth-order valence-electron chi connectivity index (χ4n) is 1.01. The molecule has 2 amide bonds. The van der Waals surface area contributed by atoms with Crippen LogP contribution in [0.1, 0.15) is 5.76 Å². The Morgan fingerprint density at radius 3 is 2.81 bits per heavy atom. The van der Waals surface area contributed by atoms with Gasteiger partial charge in [-0.3, -0.25) is 9.59 Å². The molecule has 0 spiro atoms. The van der Waals surface area contributed by atoms with Crippen LogP contribution in [0, 0.1) is 6.92 Å². The third kappa shape index (κ3) is 3.65. The summed E-state index contributed by atoms with van der Waals surface area (Å²) in [5.74, 6) is 0.485. The Balaban J connectivity index is 2.45. The Bertz CT molecular complexity index is 391. The van der Waals surface area contributed by atoms with Crippen molar-refractivity contribution in [3.63, 3.8) is 0 Å². The number of nitrogens with one attached hydrogen (secondary N) is 1. The van der Waals surface area contributed by atoms with E-state index in [1.54, 1.807) is 20.0 Å². The second-order valence-corrected chi connectivity index (χ2v) is 3.82. The number of alkyl halides is 1. The number of hydrogen-bond donors (Lipinski definition) is 1. The average Bonchev–Trinajstić information content (AvgIpc) is 2.62. The van der Waals surface area contributed by atoms with Crippen LogP contribution >= 0.6 is 15.9 Å². The van der Waals surface area contributed by atoms with Crippen molar-refractivity contribution in [1.29, 1.82) is 0 Å². The predicted octanol–water partition coefficient (Wildman–Crippen LogP) is 0.775. The molecular formula is C9H12BrN3O3. The summed E-state index contributed by atoms with van der Waals surface area (Å²) in [6.45, 7) is 1.71. The Morgan fingerprint density at radius 1 is 1.62 bits per heavy atom. The summed E-state index contributed by atoms with van der Waals surface area (Å²) in [6.07, 6.45) is 0. The third-order valence-electron chi connectivity index (χ3n) is 1.82. The lowest BCUT2D eigenvalue weighted by molar-refractivity contribution is -0.130. The molecule has 0 aliphatic rings. The molecule has 0 atom stereocenters. The van der Waals surface area contributed by atoms with E-state index in [4.69, 9.17) is 4.52 Å². The van der Waals surface area contributed by atoms with Crippen molar-refractivity contribution in [2.45, 2.75) is 6.92 Å². The van der Waals surface area contributed by atoms with E-state index in [0.29, 0.717) is 11.6 Å². The van der Waals surface area contributed by atoms with Crippen LogP contribution in [0.25, 0.3) is 0 Å². The van der Waals surface area contributed by atoms with Crippen LogP contribution in [0.4, 0.5) is 5.82 Å². The molecule has 6 nitrogen and oxygen atoms in total. The zero-order chi connectivity index (χ0) is 12.1. The van der Waals surface area contributed by atoms with Crippen molar-refractivity contribution in [2.24, 2.45) is 0 Å². The predicted molar refractivity (Wildman–Crippen MR) is 61.3 cm³/mol. The highest BCUT2D eigenvalue weighted by Crippen LogP contribution is 2.06.